The molecular formula is C5H8F3NO2. The molecule has 0 unspecified atom stereocenters. The number of hydrogen-bond donors (Lipinski definition) is 2. The molecule has 0 aliphatic heterocycles. The lowest BCUT2D eigenvalue weighted by atomic mass is 10.1. The van der Waals surface area contributed by atoms with Crippen molar-refractivity contribution in [2.45, 2.75) is 18.7 Å². The van der Waals surface area contributed by atoms with Crippen LogP contribution in [0.3, 0.4) is 0 Å². The van der Waals surface area contributed by atoms with Gasteiger partial charge in [0.2, 0.25) is 5.60 Å². The minimum Gasteiger partial charge on any atom is -0.373 e. The van der Waals surface area contributed by atoms with Gasteiger partial charge in [-0.3, -0.25) is 4.79 Å². The van der Waals surface area contributed by atoms with Crippen molar-refractivity contribution in [3.8, 4) is 0 Å². The second-order valence-electron chi connectivity index (χ2n) is 2.15. The summed E-state index contributed by atoms with van der Waals surface area (Å²) >= 11 is 0. The maximum atomic E-state index is 11.8. The highest BCUT2D eigenvalue weighted by molar-refractivity contribution is 5.85. The topological polar surface area (TPSA) is 49.3 Å². The van der Waals surface area contributed by atoms with Gasteiger partial charge in [-0.25, -0.2) is 0 Å². The van der Waals surface area contributed by atoms with Gasteiger partial charge in [0.25, 0.3) is 5.91 Å². The van der Waals surface area contributed by atoms with Gasteiger partial charge in [-0.2, -0.15) is 13.2 Å². The number of rotatable bonds is 1. The van der Waals surface area contributed by atoms with E-state index >= 15 is 0 Å². The van der Waals surface area contributed by atoms with E-state index in [-0.39, 0.29) is 0 Å². The van der Waals surface area contributed by atoms with Crippen LogP contribution in [0.15, 0.2) is 0 Å². The number of amides is 1. The van der Waals surface area contributed by atoms with Crippen LogP contribution in [0.5, 0.6) is 0 Å². The van der Waals surface area contributed by atoms with Crippen LogP contribution in [0.4, 0.5) is 13.2 Å². The molecule has 1 amide bonds. The smallest absolute Gasteiger partial charge is 0.373 e. The van der Waals surface area contributed by atoms with Crippen LogP contribution in [0, 0.1) is 0 Å². The Morgan fingerprint density at radius 3 is 1.91 bits per heavy atom. The van der Waals surface area contributed by atoms with Crippen molar-refractivity contribution in [3.05, 3.63) is 0 Å². The fourth-order valence-corrected chi connectivity index (χ4v) is 0.372. The van der Waals surface area contributed by atoms with Crippen LogP contribution in [-0.4, -0.2) is 29.8 Å². The van der Waals surface area contributed by atoms with E-state index in [9.17, 15) is 18.0 Å². The van der Waals surface area contributed by atoms with Crippen LogP contribution < -0.4 is 5.32 Å². The van der Waals surface area contributed by atoms with Crippen molar-refractivity contribution in [1.82, 2.24) is 5.32 Å². The first-order valence-electron chi connectivity index (χ1n) is 2.74. The van der Waals surface area contributed by atoms with E-state index in [2.05, 4.69) is 0 Å². The molecule has 0 bridgehead atoms. The lowest BCUT2D eigenvalue weighted by molar-refractivity contribution is -0.245. The van der Waals surface area contributed by atoms with E-state index in [1.807, 2.05) is 0 Å². The first-order valence-corrected chi connectivity index (χ1v) is 2.74. The third-order valence-corrected chi connectivity index (χ3v) is 1.22. The van der Waals surface area contributed by atoms with E-state index in [1.165, 1.54) is 0 Å². The Morgan fingerprint density at radius 1 is 1.45 bits per heavy atom. The monoisotopic (exact) mass is 171 g/mol. The van der Waals surface area contributed by atoms with Crippen molar-refractivity contribution in [1.29, 1.82) is 0 Å². The number of nitrogens with one attached hydrogen (secondary N) is 1. The average Bonchev–Trinajstić information content (AvgIpc) is 1.83. The normalized spacial score (nSPS) is 17.3. The summed E-state index contributed by atoms with van der Waals surface area (Å²) in [6.07, 6.45) is -4.94. The fourth-order valence-electron chi connectivity index (χ4n) is 0.372. The van der Waals surface area contributed by atoms with E-state index in [0.717, 1.165) is 7.05 Å². The summed E-state index contributed by atoms with van der Waals surface area (Å²) in [4.78, 5) is 10.4. The molecule has 0 aliphatic carbocycles. The van der Waals surface area contributed by atoms with Crippen molar-refractivity contribution in [2.24, 2.45) is 0 Å². The predicted octanol–water partition coefficient (Wildman–Crippen LogP) is 0.0457. The van der Waals surface area contributed by atoms with E-state index in [1.54, 1.807) is 5.32 Å². The first-order chi connectivity index (χ1) is 4.73. The number of halogens is 3. The Balaban J connectivity index is 4.59. The molecule has 0 radical (unpaired) electrons. The van der Waals surface area contributed by atoms with Gasteiger partial charge in [0.05, 0.1) is 0 Å². The third-order valence-electron chi connectivity index (χ3n) is 1.22. The summed E-state index contributed by atoms with van der Waals surface area (Å²) in [5, 5.41) is 10.3. The Labute approximate surface area is 61.2 Å². The summed E-state index contributed by atoms with van der Waals surface area (Å²) < 4.78 is 35.3. The van der Waals surface area contributed by atoms with E-state index in [4.69, 9.17) is 5.11 Å². The van der Waals surface area contributed by atoms with Crippen LogP contribution >= 0.6 is 0 Å². The van der Waals surface area contributed by atoms with Crippen molar-refractivity contribution in [2.75, 3.05) is 7.05 Å². The molecule has 2 N–H and O–H groups in total. The van der Waals surface area contributed by atoms with Crippen LogP contribution in [0.1, 0.15) is 6.92 Å². The Hall–Kier alpha value is -0.780. The van der Waals surface area contributed by atoms with Gasteiger partial charge < -0.3 is 10.4 Å². The third kappa shape index (κ3) is 1.83. The number of carbonyl (C=O) groups excluding carboxylic acids is 1. The predicted molar refractivity (Wildman–Crippen MR) is 30.7 cm³/mol. The molecule has 0 spiro atoms. The number of aliphatic hydroxyl groups is 1. The minimum absolute atomic E-state index is 0.395. The summed E-state index contributed by atoms with van der Waals surface area (Å²) in [5.41, 5.74) is -3.30. The number of alkyl halides is 3. The molecule has 0 saturated carbocycles. The Bertz CT molecular complexity index is 164. The van der Waals surface area contributed by atoms with Gasteiger partial charge >= 0.3 is 6.18 Å². The largest absolute Gasteiger partial charge is 0.426 e. The lowest BCUT2D eigenvalue weighted by Crippen LogP contribution is -2.53. The van der Waals surface area contributed by atoms with Crippen molar-refractivity contribution in [3.63, 3.8) is 0 Å². The second kappa shape index (κ2) is 2.69. The zero-order valence-corrected chi connectivity index (χ0v) is 5.99. The SMILES string of the molecule is CNC(=O)[C@@](C)(O)C(F)(F)F. The van der Waals surface area contributed by atoms with Crippen molar-refractivity contribution < 1.29 is 23.1 Å². The summed E-state index contributed by atoms with van der Waals surface area (Å²) in [5.74, 6) is -1.47. The van der Waals surface area contributed by atoms with Crippen LogP contribution in [0.2, 0.25) is 0 Å². The molecule has 6 heteroatoms. The summed E-state index contributed by atoms with van der Waals surface area (Å²) in [6.45, 7) is 0.395. The van der Waals surface area contributed by atoms with Gasteiger partial charge in [0, 0.05) is 7.05 Å². The van der Waals surface area contributed by atoms with Crippen molar-refractivity contribution >= 4 is 5.91 Å². The minimum atomic E-state index is -4.94. The molecule has 0 aromatic carbocycles. The second-order valence-corrected chi connectivity index (χ2v) is 2.15. The Morgan fingerprint density at radius 2 is 1.82 bits per heavy atom. The molecule has 11 heavy (non-hydrogen) atoms. The van der Waals surface area contributed by atoms with Crippen LogP contribution in [-0.2, 0) is 4.79 Å². The fraction of sp³-hybridized carbons (Fsp3) is 0.800. The van der Waals surface area contributed by atoms with Gasteiger partial charge in [-0.1, -0.05) is 0 Å². The molecule has 0 fully saturated rings. The highest BCUT2D eigenvalue weighted by Gasteiger charge is 2.55. The average molecular weight is 171 g/mol. The molecule has 66 valence electrons. The standard InChI is InChI=1S/C5H8F3NO2/c1-4(11,3(10)9-2)5(6,7)8/h11H,1-2H3,(H,9,10)/t4-/m1/s1. The first kappa shape index (κ1) is 10.2. The lowest BCUT2D eigenvalue weighted by Gasteiger charge is -2.23. The van der Waals surface area contributed by atoms with Gasteiger partial charge in [-0.15, -0.1) is 0 Å². The van der Waals surface area contributed by atoms with Gasteiger partial charge in [0.1, 0.15) is 0 Å². The van der Waals surface area contributed by atoms with E-state index < -0.39 is 17.7 Å². The molecule has 1 atom stereocenters. The number of hydrogen-bond acceptors (Lipinski definition) is 2. The molecule has 0 heterocycles. The summed E-state index contributed by atoms with van der Waals surface area (Å²) in [6, 6.07) is 0. The molecule has 3 nitrogen and oxygen atoms in total. The van der Waals surface area contributed by atoms with E-state index in [0.29, 0.717) is 6.92 Å². The molecular weight excluding hydrogens is 163 g/mol. The zero-order chi connectivity index (χ0) is 9.28. The molecule has 0 aromatic rings. The zero-order valence-electron chi connectivity index (χ0n) is 5.99. The highest BCUT2D eigenvalue weighted by Crippen LogP contribution is 2.29. The number of carbonyl (C=O) groups is 1. The summed E-state index contributed by atoms with van der Waals surface area (Å²) in [7, 11) is 1.02. The Kier molecular flexibility index (Phi) is 2.50. The molecule has 0 aromatic heterocycles. The molecule has 0 rings (SSSR count). The highest BCUT2D eigenvalue weighted by atomic mass is 19.4. The van der Waals surface area contributed by atoms with Gasteiger partial charge in [-0.05, 0) is 6.92 Å². The quantitative estimate of drug-likeness (QED) is 0.585. The maximum Gasteiger partial charge on any atom is 0.426 e. The molecule has 0 saturated heterocycles. The van der Waals surface area contributed by atoms with Crippen LogP contribution in [0.25, 0.3) is 0 Å². The molecule has 0 aliphatic rings. The number of likely N-dealkylation sites (N-methyl/N-ethyl adjacent to an activating group) is 1. The van der Waals surface area contributed by atoms with Gasteiger partial charge in [0.15, 0.2) is 0 Å². The maximum absolute atomic E-state index is 11.8.